The first-order valence-electron chi connectivity index (χ1n) is 6.83. The van der Waals surface area contributed by atoms with Crippen molar-refractivity contribution in [2.75, 3.05) is 0 Å². The Hall–Kier alpha value is -1.24. The molecule has 0 saturated heterocycles. The van der Waals surface area contributed by atoms with Gasteiger partial charge in [0.25, 0.3) is 0 Å². The normalized spacial score (nSPS) is 30.4. The topological polar surface area (TPSA) is 66.6 Å². The molecule has 1 fully saturated rings. The Bertz CT molecular complexity index is 579. The molecule has 1 aromatic heterocycles. The van der Waals surface area contributed by atoms with Crippen molar-refractivity contribution in [1.82, 2.24) is 5.06 Å². The van der Waals surface area contributed by atoms with Crippen LogP contribution in [-0.4, -0.2) is 37.7 Å². The lowest BCUT2D eigenvalue weighted by Gasteiger charge is -2.36. The Morgan fingerprint density at radius 2 is 2.20 bits per heavy atom. The molecule has 5 nitrogen and oxygen atoms in total. The summed E-state index contributed by atoms with van der Waals surface area (Å²) in [6, 6.07) is 3.72. The number of Topliss-reactive ketones (excluding diaryl/α,β-unsaturated/α-hetero) is 1. The Labute approximate surface area is 121 Å². The summed E-state index contributed by atoms with van der Waals surface area (Å²) in [5.74, 6) is -0.180. The lowest BCUT2D eigenvalue weighted by atomic mass is 9.87. The van der Waals surface area contributed by atoms with Crippen LogP contribution < -0.4 is 0 Å². The summed E-state index contributed by atoms with van der Waals surface area (Å²) in [6.45, 7) is 3.56. The van der Waals surface area contributed by atoms with Crippen molar-refractivity contribution in [3.63, 3.8) is 0 Å². The van der Waals surface area contributed by atoms with Crippen molar-refractivity contribution in [2.24, 2.45) is 0 Å². The van der Waals surface area contributed by atoms with Gasteiger partial charge in [0.15, 0.2) is 0 Å². The summed E-state index contributed by atoms with van der Waals surface area (Å²) in [4.78, 5) is 13.2. The number of rotatable bonds is 1. The Kier molecular flexibility index (Phi) is 3.00. The van der Waals surface area contributed by atoms with Gasteiger partial charge < -0.3 is 10.4 Å². The zero-order valence-corrected chi connectivity index (χ0v) is 12.4. The minimum Gasteiger partial charge on any atom is -0.622 e. The maximum atomic E-state index is 12.9. The molecule has 0 bridgehead atoms. The van der Waals surface area contributed by atoms with E-state index in [2.05, 4.69) is 0 Å². The van der Waals surface area contributed by atoms with Crippen molar-refractivity contribution in [3.05, 3.63) is 27.6 Å². The summed E-state index contributed by atoms with van der Waals surface area (Å²) >= 11 is 1.45. The molecule has 0 amide bonds. The van der Waals surface area contributed by atoms with Crippen LogP contribution in [0.15, 0.2) is 17.5 Å². The van der Waals surface area contributed by atoms with E-state index in [4.69, 9.17) is 0 Å². The van der Waals surface area contributed by atoms with E-state index in [9.17, 15) is 15.2 Å². The van der Waals surface area contributed by atoms with Gasteiger partial charge in [-0.25, -0.2) is 0 Å². The fourth-order valence-corrected chi connectivity index (χ4v) is 4.24. The smallest absolute Gasteiger partial charge is 0.310 e. The fourth-order valence-electron chi connectivity index (χ4n) is 3.33. The molecule has 1 spiro atoms. The first kappa shape index (κ1) is 13.7. The number of carbonyl (C=O) groups is 1. The molecular formula is C14H18N2O3S. The molecule has 108 valence electrons. The van der Waals surface area contributed by atoms with Gasteiger partial charge in [-0.1, -0.05) is 6.07 Å². The quantitative estimate of drug-likeness (QED) is 0.638. The third-order valence-corrected chi connectivity index (χ3v) is 5.26. The Balaban J connectivity index is 2.21. The lowest BCUT2D eigenvalue weighted by Crippen LogP contribution is -2.60. The van der Waals surface area contributed by atoms with Crippen molar-refractivity contribution in [3.8, 4) is 0 Å². The Morgan fingerprint density at radius 1 is 1.45 bits per heavy atom. The zero-order chi connectivity index (χ0) is 14.5. The van der Waals surface area contributed by atoms with Crippen LogP contribution >= 0.6 is 11.3 Å². The number of hydrogen-bond donors (Lipinski definition) is 1. The van der Waals surface area contributed by atoms with Crippen LogP contribution in [0.25, 0.3) is 0 Å². The molecule has 1 N–H and O–H groups in total. The molecule has 1 saturated carbocycles. The molecule has 3 rings (SSSR count). The number of thiophene rings is 1. The SMILES string of the molecule is CC1(C)C(c2cccs2)=[N+]([O-])[C@@]2(CCCCC2=O)N1O. The van der Waals surface area contributed by atoms with E-state index < -0.39 is 11.2 Å². The van der Waals surface area contributed by atoms with E-state index in [1.165, 1.54) is 11.3 Å². The van der Waals surface area contributed by atoms with Gasteiger partial charge in [0.1, 0.15) is 5.54 Å². The van der Waals surface area contributed by atoms with Crippen LogP contribution in [0.2, 0.25) is 0 Å². The molecule has 20 heavy (non-hydrogen) atoms. The molecule has 1 aliphatic heterocycles. The summed E-state index contributed by atoms with van der Waals surface area (Å²) in [5.41, 5.74) is -1.83. The third-order valence-electron chi connectivity index (χ3n) is 4.38. The van der Waals surface area contributed by atoms with Gasteiger partial charge in [-0.3, -0.25) is 4.79 Å². The fraction of sp³-hybridized carbons (Fsp3) is 0.571. The second-order valence-corrected chi connectivity index (χ2v) is 6.89. The minimum absolute atomic E-state index is 0.180. The number of ketones is 1. The molecule has 1 aromatic rings. The third kappa shape index (κ3) is 1.55. The predicted octanol–water partition coefficient (Wildman–Crippen LogP) is 2.37. The van der Waals surface area contributed by atoms with Gasteiger partial charge in [0, 0.05) is 12.8 Å². The van der Waals surface area contributed by atoms with E-state index in [0.717, 1.165) is 27.5 Å². The maximum absolute atomic E-state index is 12.9. The van der Waals surface area contributed by atoms with Crippen LogP contribution in [0.4, 0.5) is 0 Å². The number of hydrogen-bond acceptors (Lipinski definition) is 5. The van der Waals surface area contributed by atoms with Crippen molar-refractivity contribution >= 4 is 22.8 Å². The molecule has 0 aromatic carbocycles. The highest BCUT2D eigenvalue weighted by atomic mass is 32.1. The van der Waals surface area contributed by atoms with E-state index in [1.807, 2.05) is 17.5 Å². The molecule has 0 radical (unpaired) electrons. The highest BCUT2D eigenvalue weighted by Gasteiger charge is 2.66. The van der Waals surface area contributed by atoms with Gasteiger partial charge in [0.2, 0.25) is 11.5 Å². The van der Waals surface area contributed by atoms with E-state index >= 15 is 0 Å². The van der Waals surface area contributed by atoms with E-state index in [0.29, 0.717) is 18.6 Å². The standard InChI is InChI=1S/C14H18N2O3S/c1-13(2)12(10-6-5-9-20-10)15(18)14(16(13)19)8-4-3-7-11(14)17/h5-6,9,19H,3-4,7-8H2,1-2H3/t14-/m0/s1. The molecule has 2 heterocycles. The first-order chi connectivity index (χ1) is 9.42. The predicted molar refractivity (Wildman–Crippen MR) is 76.0 cm³/mol. The van der Waals surface area contributed by atoms with Gasteiger partial charge in [0.05, 0.1) is 4.88 Å². The molecule has 0 unspecified atom stereocenters. The number of hydroxylamine groups is 3. The van der Waals surface area contributed by atoms with Gasteiger partial charge in [-0.05, 0) is 38.1 Å². The van der Waals surface area contributed by atoms with Crippen LogP contribution in [0.5, 0.6) is 0 Å². The van der Waals surface area contributed by atoms with E-state index in [1.54, 1.807) is 13.8 Å². The first-order valence-corrected chi connectivity index (χ1v) is 7.71. The second kappa shape index (κ2) is 4.38. The largest absolute Gasteiger partial charge is 0.622 e. The number of nitrogens with zero attached hydrogens (tertiary/aromatic N) is 2. The molecule has 1 atom stereocenters. The van der Waals surface area contributed by atoms with Crippen molar-refractivity contribution in [2.45, 2.75) is 50.7 Å². The highest BCUT2D eigenvalue weighted by molar-refractivity contribution is 7.12. The van der Waals surface area contributed by atoms with Gasteiger partial charge in [-0.2, -0.15) is 4.74 Å². The Morgan fingerprint density at radius 3 is 2.80 bits per heavy atom. The van der Waals surface area contributed by atoms with Crippen LogP contribution in [0, 0.1) is 5.21 Å². The molecule has 2 aliphatic rings. The van der Waals surface area contributed by atoms with Gasteiger partial charge in [-0.15, -0.1) is 16.4 Å². The number of carbonyl (C=O) groups excluding carboxylic acids is 1. The summed E-state index contributed by atoms with van der Waals surface area (Å²) in [5, 5.41) is 26.4. The summed E-state index contributed by atoms with van der Waals surface area (Å²) in [7, 11) is 0. The average Bonchev–Trinajstić information content (AvgIpc) is 2.95. The maximum Gasteiger partial charge on any atom is 0.310 e. The lowest BCUT2D eigenvalue weighted by molar-refractivity contribution is -0.573. The minimum atomic E-state index is -1.43. The van der Waals surface area contributed by atoms with Crippen LogP contribution in [0.3, 0.4) is 0 Å². The molecule has 1 aliphatic carbocycles. The second-order valence-electron chi connectivity index (χ2n) is 5.94. The monoisotopic (exact) mass is 294 g/mol. The van der Waals surface area contributed by atoms with Gasteiger partial charge >= 0.3 is 5.66 Å². The molecular weight excluding hydrogens is 276 g/mol. The highest BCUT2D eigenvalue weighted by Crippen LogP contribution is 2.42. The van der Waals surface area contributed by atoms with Crippen molar-refractivity contribution < 1.29 is 14.7 Å². The van der Waals surface area contributed by atoms with E-state index in [-0.39, 0.29) is 5.78 Å². The zero-order valence-electron chi connectivity index (χ0n) is 11.6. The van der Waals surface area contributed by atoms with Crippen LogP contribution in [-0.2, 0) is 4.79 Å². The van der Waals surface area contributed by atoms with Crippen LogP contribution in [0.1, 0.15) is 44.4 Å². The molecule has 6 heteroatoms. The summed E-state index contributed by atoms with van der Waals surface area (Å²) < 4.78 is 0.764. The average molecular weight is 294 g/mol. The van der Waals surface area contributed by atoms with Crippen molar-refractivity contribution in [1.29, 1.82) is 0 Å². The summed E-state index contributed by atoms with van der Waals surface area (Å²) in [6.07, 6.45) is 2.29.